The minimum absolute atomic E-state index is 0.0374. The van der Waals surface area contributed by atoms with Crippen molar-refractivity contribution in [3.05, 3.63) is 64.7 Å². The Morgan fingerprint density at radius 1 is 1.06 bits per heavy atom. The normalized spacial score (nSPS) is 12.3. The van der Waals surface area contributed by atoms with Crippen LogP contribution in [-0.2, 0) is 26.2 Å². The third kappa shape index (κ3) is 8.44. The molecule has 2 rings (SSSR count). The molecule has 0 bridgehead atoms. The minimum atomic E-state index is -3.82. The molecule has 0 radical (unpaired) electrons. The van der Waals surface area contributed by atoms with Gasteiger partial charge in [-0.3, -0.25) is 13.9 Å². The third-order valence-corrected chi connectivity index (χ3v) is 6.87. The number of anilines is 1. The van der Waals surface area contributed by atoms with Crippen molar-refractivity contribution >= 4 is 39.1 Å². The van der Waals surface area contributed by atoms with Gasteiger partial charge in [-0.1, -0.05) is 30.7 Å². The largest absolute Gasteiger partial charge is 0.352 e. The summed E-state index contributed by atoms with van der Waals surface area (Å²) in [6, 6.07) is 8.90. The fourth-order valence-electron chi connectivity index (χ4n) is 3.73. The second-order valence-electron chi connectivity index (χ2n) is 8.77. The second-order valence-corrected chi connectivity index (χ2v) is 11.1. The Hall–Kier alpha value is -2.72. The van der Waals surface area contributed by atoms with E-state index in [2.05, 4.69) is 5.32 Å². The summed E-state index contributed by atoms with van der Waals surface area (Å²) < 4.78 is 52.6. The van der Waals surface area contributed by atoms with Gasteiger partial charge in [0.25, 0.3) is 0 Å². The van der Waals surface area contributed by atoms with Crippen molar-refractivity contribution in [3.8, 4) is 0 Å². The highest BCUT2D eigenvalue weighted by molar-refractivity contribution is 7.92. The molecule has 0 aliphatic carbocycles. The molecule has 0 aromatic heterocycles. The van der Waals surface area contributed by atoms with Crippen molar-refractivity contribution < 1.29 is 26.8 Å². The molecule has 0 aliphatic rings. The molecule has 36 heavy (non-hydrogen) atoms. The van der Waals surface area contributed by atoms with Crippen molar-refractivity contribution in [3.63, 3.8) is 0 Å². The summed E-state index contributed by atoms with van der Waals surface area (Å²) in [7, 11) is -3.82. The van der Waals surface area contributed by atoms with Crippen LogP contribution >= 0.6 is 11.6 Å². The number of nitrogens with zero attached hydrogens (tertiary/aromatic N) is 2. The van der Waals surface area contributed by atoms with Gasteiger partial charge in [0, 0.05) is 36.6 Å². The lowest BCUT2D eigenvalue weighted by atomic mass is 10.1. The van der Waals surface area contributed by atoms with Crippen molar-refractivity contribution in [2.45, 2.75) is 58.7 Å². The standard InChI is InChI=1S/C25H32ClF2N3O4S/c1-5-23(25(33)29-17(2)3)30(16-18-8-10-19(26)11-9-18)24(32)7-6-14-31(36(4,34)35)20-12-13-21(27)22(28)15-20/h8-13,15,17,23H,5-7,14,16H2,1-4H3,(H,29,33)/t23-/m1/s1. The summed E-state index contributed by atoms with van der Waals surface area (Å²) >= 11 is 5.97. The van der Waals surface area contributed by atoms with E-state index in [1.165, 1.54) is 4.90 Å². The lowest BCUT2D eigenvalue weighted by molar-refractivity contribution is -0.141. The smallest absolute Gasteiger partial charge is 0.243 e. The fourth-order valence-corrected chi connectivity index (χ4v) is 4.81. The summed E-state index contributed by atoms with van der Waals surface area (Å²) in [5, 5.41) is 3.38. The molecule has 1 N–H and O–H groups in total. The van der Waals surface area contributed by atoms with Gasteiger partial charge in [0.05, 0.1) is 11.9 Å². The molecule has 0 fully saturated rings. The van der Waals surface area contributed by atoms with Crippen LogP contribution in [0.3, 0.4) is 0 Å². The Morgan fingerprint density at radius 3 is 2.22 bits per heavy atom. The van der Waals surface area contributed by atoms with Crippen molar-refractivity contribution in [1.82, 2.24) is 10.2 Å². The van der Waals surface area contributed by atoms with Crippen LogP contribution in [0.25, 0.3) is 0 Å². The quantitative estimate of drug-likeness (QED) is 0.427. The lowest BCUT2D eigenvalue weighted by Gasteiger charge is -2.31. The van der Waals surface area contributed by atoms with Crippen molar-refractivity contribution in [2.24, 2.45) is 0 Å². The maximum absolute atomic E-state index is 13.7. The van der Waals surface area contributed by atoms with Gasteiger partial charge >= 0.3 is 0 Å². The average Bonchev–Trinajstić information content (AvgIpc) is 2.78. The Balaban J connectivity index is 2.22. The van der Waals surface area contributed by atoms with Crippen LogP contribution < -0.4 is 9.62 Å². The SMILES string of the molecule is CC[C@H](C(=O)NC(C)C)N(Cc1ccc(Cl)cc1)C(=O)CCCN(c1ccc(F)c(F)c1)S(C)(=O)=O. The molecule has 0 heterocycles. The number of benzene rings is 2. The first-order chi connectivity index (χ1) is 16.8. The van der Waals surface area contributed by atoms with E-state index in [1.807, 2.05) is 13.8 Å². The molecule has 0 saturated heterocycles. The first kappa shape index (κ1) is 29.5. The van der Waals surface area contributed by atoms with Crippen LogP contribution in [0, 0.1) is 11.6 Å². The van der Waals surface area contributed by atoms with Gasteiger partial charge in [0.1, 0.15) is 6.04 Å². The molecule has 2 aromatic rings. The molecule has 1 atom stereocenters. The first-order valence-electron chi connectivity index (χ1n) is 11.6. The molecule has 7 nitrogen and oxygen atoms in total. The van der Waals surface area contributed by atoms with E-state index >= 15 is 0 Å². The van der Waals surface area contributed by atoms with Gasteiger partial charge in [0.15, 0.2) is 11.6 Å². The van der Waals surface area contributed by atoms with Gasteiger partial charge < -0.3 is 10.2 Å². The topological polar surface area (TPSA) is 86.8 Å². The van der Waals surface area contributed by atoms with Gasteiger partial charge in [-0.25, -0.2) is 17.2 Å². The Kier molecular flexibility index (Phi) is 10.7. The number of hydrogen-bond acceptors (Lipinski definition) is 4. The molecule has 11 heteroatoms. The maximum Gasteiger partial charge on any atom is 0.243 e. The minimum Gasteiger partial charge on any atom is -0.352 e. The van der Waals surface area contributed by atoms with Crippen LogP contribution in [0.1, 0.15) is 45.6 Å². The van der Waals surface area contributed by atoms with E-state index in [0.29, 0.717) is 11.4 Å². The molecule has 2 aromatic carbocycles. The highest BCUT2D eigenvalue weighted by Gasteiger charge is 2.29. The molecule has 0 unspecified atom stereocenters. The molecule has 198 valence electrons. The van der Waals surface area contributed by atoms with Gasteiger partial charge in [-0.2, -0.15) is 0 Å². The summed E-state index contributed by atoms with van der Waals surface area (Å²) in [5.74, 6) is -2.89. The van der Waals surface area contributed by atoms with Crippen LogP contribution in [-0.4, -0.2) is 50.0 Å². The lowest BCUT2D eigenvalue weighted by Crippen LogP contribution is -2.50. The Labute approximate surface area is 216 Å². The average molecular weight is 544 g/mol. The molecule has 2 amide bonds. The van der Waals surface area contributed by atoms with Crippen molar-refractivity contribution in [2.75, 3.05) is 17.1 Å². The fraction of sp³-hybridized carbons (Fsp3) is 0.440. The zero-order chi connectivity index (χ0) is 27.0. The van der Waals surface area contributed by atoms with Gasteiger partial charge in [-0.15, -0.1) is 0 Å². The maximum atomic E-state index is 13.7. The van der Waals surface area contributed by atoms with Crippen LogP contribution in [0.15, 0.2) is 42.5 Å². The zero-order valence-electron chi connectivity index (χ0n) is 20.8. The van der Waals surface area contributed by atoms with Crippen LogP contribution in [0.4, 0.5) is 14.5 Å². The van der Waals surface area contributed by atoms with Gasteiger partial charge in [-0.05, 0) is 56.5 Å². The molecular weight excluding hydrogens is 512 g/mol. The van der Waals surface area contributed by atoms with E-state index in [9.17, 15) is 26.8 Å². The number of sulfonamides is 1. The Bertz CT molecular complexity index is 1160. The summed E-state index contributed by atoms with van der Waals surface area (Å²) in [4.78, 5) is 27.6. The Morgan fingerprint density at radius 2 is 1.69 bits per heavy atom. The molecule has 0 saturated carbocycles. The van der Waals surface area contributed by atoms with Crippen LogP contribution in [0.2, 0.25) is 5.02 Å². The molecular formula is C25H32ClF2N3O4S. The number of carbonyl (C=O) groups excluding carboxylic acids is 2. The predicted octanol–water partition coefficient (Wildman–Crippen LogP) is 4.50. The van der Waals surface area contributed by atoms with Crippen LogP contribution in [0.5, 0.6) is 0 Å². The summed E-state index contributed by atoms with van der Waals surface area (Å²) in [6.07, 6.45) is 1.37. The van der Waals surface area contributed by atoms with E-state index in [0.717, 1.165) is 34.3 Å². The predicted molar refractivity (Wildman–Crippen MR) is 137 cm³/mol. The van der Waals surface area contributed by atoms with Crippen molar-refractivity contribution in [1.29, 1.82) is 0 Å². The monoisotopic (exact) mass is 543 g/mol. The van der Waals surface area contributed by atoms with E-state index < -0.39 is 27.7 Å². The van der Waals surface area contributed by atoms with E-state index in [4.69, 9.17) is 11.6 Å². The highest BCUT2D eigenvalue weighted by Crippen LogP contribution is 2.22. The zero-order valence-corrected chi connectivity index (χ0v) is 22.4. The second kappa shape index (κ2) is 13.0. The van der Waals surface area contributed by atoms with E-state index in [-0.39, 0.29) is 49.5 Å². The van der Waals surface area contributed by atoms with E-state index in [1.54, 1.807) is 31.2 Å². The molecule has 0 aliphatic heterocycles. The number of rotatable bonds is 12. The number of carbonyl (C=O) groups is 2. The number of hydrogen-bond donors (Lipinski definition) is 1. The first-order valence-corrected chi connectivity index (χ1v) is 13.8. The molecule has 0 spiro atoms. The number of amides is 2. The van der Waals surface area contributed by atoms with Gasteiger partial charge in [0.2, 0.25) is 21.8 Å². The number of nitrogens with one attached hydrogen (secondary N) is 1. The summed E-state index contributed by atoms with van der Waals surface area (Å²) in [5.41, 5.74) is 0.743. The highest BCUT2D eigenvalue weighted by atomic mass is 35.5. The third-order valence-electron chi connectivity index (χ3n) is 5.43. The number of halogens is 3. The summed E-state index contributed by atoms with van der Waals surface area (Å²) in [6.45, 7) is 5.50.